The highest BCUT2D eigenvalue weighted by Crippen LogP contribution is 2.52. The smallest absolute Gasteiger partial charge is 0.462 e. The summed E-state index contributed by atoms with van der Waals surface area (Å²) in [5.74, 6) is 8.68. The Balaban J connectivity index is 2.68. The number of phosphoric acid groups is 2. The van der Waals surface area contributed by atoms with Gasteiger partial charge < -0.3 is 34.8 Å². The molecule has 0 aromatic carbocycles. The Morgan fingerprint density at radius 2 is 0.925 bits per heavy atom. The van der Waals surface area contributed by atoms with E-state index in [-0.39, 0.29) is 12.8 Å². The molecule has 0 radical (unpaired) electrons. The molecule has 0 heterocycles. The van der Waals surface area contributed by atoms with Crippen LogP contribution in [0.2, 0.25) is 0 Å². The summed E-state index contributed by atoms with van der Waals surface area (Å²) in [6.45, 7) is 3.15. The predicted octanol–water partition coefficient (Wildman–Crippen LogP) is 9.08. The molecule has 0 amide bonds. The minimum atomic E-state index is -5.04. The Hall–Kier alpha value is -2.12. The zero-order valence-electron chi connectivity index (χ0n) is 40.2. The van der Waals surface area contributed by atoms with E-state index in [9.17, 15) is 44.0 Å². The van der Waals surface area contributed by atoms with E-state index in [1.807, 2.05) is 12.2 Å². The van der Waals surface area contributed by atoms with Gasteiger partial charge in [-0.05, 0) is 51.4 Å². The first kappa shape index (κ1) is 62.9. The number of carbonyl (C=O) groups is 2. The molecule has 0 aromatic heterocycles. The van der Waals surface area contributed by atoms with Crippen molar-refractivity contribution < 1.29 is 76.3 Å². The van der Waals surface area contributed by atoms with E-state index in [0.29, 0.717) is 19.3 Å². The molecule has 67 heavy (non-hydrogen) atoms. The lowest BCUT2D eigenvalue weighted by molar-refractivity contribution is -0.217. The number of aliphatic hydroxyl groups is 4. The molecule has 4 unspecified atom stereocenters. The quantitative estimate of drug-likeness (QED) is 0.00986. The molecule has 9 N–H and O–H groups in total. The van der Waals surface area contributed by atoms with Crippen molar-refractivity contribution in [3.05, 3.63) is 48.6 Å². The molecule has 1 fully saturated rings. The number of esters is 2. The van der Waals surface area contributed by atoms with E-state index in [2.05, 4.69) is 70.0 Å². The topological polar surface area (TPSA) is 286 Å². The van der Waals surface area contributed by atoms with Crippen LogP contribution in [-0.2, 0) is 51.0 Å². The summed E-state index contributed by atoms with van der Waals surface area (Å²) in [6, 6.07) is 0. The fourth-order valence-electron chi connectivity index (χ4n) is 7.20. The highest BCUT2D eigenvalue weighted by atomic mass is 31.2. The molecule has 0 spiro atoms. The van der Waals surface area contributed by atoms with Crippen LogP contribution in [0.25, 0.3) is 0 Å². The van der Waals surface area contributed by atoms with Crippen LogP contribution in [0, 0.1) is 0 Å². The molecule has 1 aliphatic carbocycles. The number of aliphatic hydroxyl groups excluding tert-OH is 4. The van der Waals surface area contributed by atoms with E-state index in [4.69, 9.17) is 24.4 Å². The van der Waals surface area contributed by atoms with E-state index in [1.54, 1.807) is 0 Å². The van der Waals surface area contributed by atoms with E-state index >= 15 is 0 Å². The van der Waals surface area contributed by atoms with E-state index in [0.717, 1.165) is 51.4 Å². The molecule has 0 aromatic rings. The number of hydrogen-bond acceptors (Lipinski definition) is 17. The van der Waals surface area contributed by atoms with E-state index < -0.39 is 83.5 Å². The average molecular weight is 997 g/mol. The van der Waals surface area contributed by atoms with Gasteiger partial charge in [0.1, 0.15) is 43.2 Å². The Kier molecular flexibility index (Phi) is 37.2. The minimum absolute atomic E-state index is 0.0504. The predicted molar refractivity (Wildman–Crippen MR) is 256 cm³/mol. The average Bonchev–Trinajstić information content (AvgIpc) is 3.31. The molecule has 1 rings (SSSR count). The molecule has 1 aliphatic rings. The lowest BCUT2D eigenvalue weighted by atomic mass is 9.85. The molecule has 390 valence electrons. The van der Waals surface area contributed by atoms with Crippen LogP contribution < -0.4 is 11.8 Å². The van der Waals surface area contributed by atoms with Crippen molar-refractivity contribution in [1.29, 1.82) is 0 Å². The first-order valence-electron chi connectivity index (χ1n) is 24.6. The second-order valence-electron chi connectivity index (χ2n) is 17.0. The van der Waals surface area contributed by atoms with E-state index in [1.165, 1.54) is 83.5 Å². The molecular formula is C47H86N2O16P2. The van der Waals surface area contributed by atoms with Gasteiger partial charge in [0.25, 0.3) is 0 Å². The number of unbranched alkanes of at least 4 members (excludes halogenated alkanes) is 18. The number of carbonyl (C=O) groups excluding carboxylic acids is 2. The van der Waals surface area contributed by atoms with Gasteiger partial charge in [-0.3, -0.25) is 23.2 Å². The number of phosphoric ester groups is 2. The van der Waals surface area contributed by atoms with Crippen molar-refractivity contribution in [2.45, 2.75) is 224 Å². The summed E-state index contributed by atoms with van der Waals surface area (Å²) in [5, 5.41) is 42.2. The number of hydrogen-bond donors (Lipinski definition) is 7. The van der Waals surface area contributed by atoms with Gasteiger partial charge >= 0.3 is 27.6 Å². The fraction of sp³-hybridized carbons (Fsp3) is 0.787. The van der Waals surface area contributed by atoms with Gasteiger partial charge in [0.05, 0.1) is 6.61 Å². The molecule has 0 aliphatic heterocycles. The highest BCUT2D eigenvalue weighted by Gasteiger charge is 2.54. The van der Waals surface area contributed by atoms with Crippen molar-refractivity contribution in [2.75, 3.05) is 13.2 Å². The van der Waals surface area contributed by atoms with Crippen molar-refractivity contribution in [1.82, 2.24) is 0 Å². The van der Waals surface area contributed by atoms with Gasteiger partial charge in [0.15, 0.2) is 6.10 Å². The van der Waals surface area contributed by atoms with Gasteiger partial charge in [0.2, 0.25) is 0 Å². The molecule has 9 atom stereocenters. The molecular weight excluding hydrogens is 910 g/mol. The van der Waals surface area contributed by atoms with Crippen LogP contribution in [0.15, 0.2) is 48.6 Å². The summed E-state index contributed by atoms with van der Waals surface area (Å²) >= 11 is 0. The summed E-state index contributed by atoms with van der Waals surface area (Å²) in [5.41, 5.74) is 0. The Bertz CT molecular complexity index is 1480. The highest BCUT2D eigenvalue weighted by molar-refractivity contribution is 7.48. The molecule has 20 heteroatoms. The maximum Gasteiger partial charge on any atom is 0.491 e. The molecule has 18 nitrogen and oxygen atoms in total. The van der Waals surface area contributed by atoms with Crippen LogP contribution in [0.1, 0.15) is 181 Å². The number of allylic oxidation sites excluding steroid dienone is 8. The monoisotopic (exact) mass is 997 g/mol. The second kappa shape index (κ2) is 39.6. The lowest BCUT2D eigenvalue weighted by Crippen LogP contribution is -2.64. The Morgan fingerprint density at radius 1 is 0.522 bits per heavy atom. The summed E-state index contributed by atoms with van der Waals surface area (Å²) in [7, 11) is -10.1. The maximum atomic E-state index is 13.5. The molecule has 1 saturated carbocycles. The number of ether oxygens (including phenoxy) is 2. The van der Waals surface area contributed by atoms with Crippen molar-refractivity contribution in [2.24, 2.45) is 11.8 Å². The third kappa shape index (κ3) is 31.0. The van der Waals surface area contributed by atoms with Gasteiger partial charge in [-0.2, -0.15) is 0 Å². The number of rotatable bonds is 42. The van der Waals surface area contributed by atoms with Crippen LogP contribution in [0.5, 0.6) is 0 Å². The lowest BCUT2D eigenvalue weighted by Gasteiger charge is -2.43. The minimum Gasteiger partial charge on any atom is -0.462 e. The summed E-state index contributed by atoms with van der Waals surface area (Å²) < 4.78 is 59.3. The van der Waals surface area contributed by atoms with Gasteiger partial charge in [-0.1, -0.05) is 165 Å². The van der Waals surface area contributed by atoms with Crippen molar-refractivity contribution in [3.63, 3.8) is 0 Å². The normalized spacial score (nSPS) is 22.5. The summed E-state index contributed by atoms with van der Waals surface area (Å²) in [6.07, 6.45) is 28.4. The SMILES string of the molecule is CCCCC/C=C/C/C=C/C/C=C/C/C=C/CCCC(=O)OC[C@H](COP(=O)(ON)OC1[C@H](O)[C@H](O)C(OP(=O)(O)ON)[C@H](O)[C@H]1O)OC(=O)CCCCCCCCCCCCCCCCC. The summed E-state index contributed by atoms with van der Waals surface area (Å²) in [4.78, 5) is 35.1. The Morgan fingerprint density at radius 3 is 1.39 bits per heavy atom. The van der Waals surface area contributed by atoms with Crippen LogP contribution in [0.3, 0.4) is 0 Å². The zero-order valence-corrected chi connectivity index (χ0v) is 42.0. The third-order valence-corrected chi connectivity index (χ3v) is 13.2. The van der Waals surface area contributed by atoms with Crippen LogP contribution in [-0.4, -0.2) is 93.2 Å². The first-order valence-corrected chi connectivity index (χ1v) is 27.6. The van der Waals surface area contributed by atoms with Gasteiger partial charge in [-0.15, -0.1) is 0 Å². The molecule has 0 saturated heterocycles. The Labute approximate surface area is 400 Å². The second-order valence-corrected chi connectivity index (χ2v) is 19.9. The standard InChI is InChI=1S/C47H86N2O16P2/c1-3-5-7-9-11-13-15-17-19-20-22-23-25-27-29-31-33-35-40(50)59-37-39(61-41(51)36-34-32-30-28-26-24-21-18-16-14-12-10-8-6-4-2)38-60-67(58,65-49)63-47-44(54)42(52)46(43(53)45(47)55)62-66(56,57)64-48/h11,13,17,19,22-23,27,29,39,42-47,52-55H,3-10,12,14-16,18,20-21,24-26,28,30-38,48-49H2,1-2H3,(H,56,57)/b13-11+,19-17+,23-22+,29-27+/t39-,42-,43+,44-,45-,46?,47?,67?/m1/s1. The number of nitrogens with two attached hydrogens (primary N) is 2. The largest absolute Gasteiger partial charge is 0.491 e. The maximum absolute atomic E-state index is 13.5. The van der Waals surface area contributed by atoms with Crippen molar-refractivity contribution in [3.8, 4) is 0 Å². The van der Waals surface area contributed by atoms with Crippen LogP contribution >= 0.6 is 15.6 Å². The first-order chi connectivity index (χ1) is 32.2. The van der Waals surface area contributed by atoms with Crippen molar-refractivity contribution >= 4 is 27.6 Å². The zero-order chi connectivity index (χ0) is 49.6. The van der Waals surface area contributed by atoms with Gasteiger partial charge in [0, 0.05) is 12.8 Å². The third-order valence-electron chi connectivity index (χ3n) is 11.2. The molecule has 0 bridgehead atoms. The van der Waals surface area contributed by atoms with Gasteiger partial charge in [-0.25, -0.2) is 30.2 Å². The fourth-order valence-corrected chi connectivity index (χ4v) is 8.88. The van der Waals surface area contributed by atoms with Crippen LogP contribution in [0.4, 0.5) is 0 Å².